The molecule has 2 aliphatic heterocycles. The number of amidine groups is 1. The second kappa shape index (κ2) is 19.9. The average Bonchev–Trinajstić information content (AvgIpc) is 3.56. The van der Waals surface area contributed by atoms with Crippen molar-refractivity contribution in [2.75, 3.05) is 9.91 Å². The fourth-order valence-electron chi connectivity index (χ4n) is 6.23. The van der Waals surface area contributed by atoms with Crippen molar-refractivity contribution in [3.05, 3.63) is 69.2 Å². The summed E-state index contributed by atoms with van der Waals surface area (Å²) in [6.07, 6.45) is 22.4. The maximum atomic E-state index is 13.3. The Balaban J connectivity index is 1.18. The molecule has 11 heteroatoms. The second-order valence-corrected chi connectivity index (χ2v) is 14.1. The highest BCUT2D eigenvalue weighted by Crippen LogP contribution is 2.38. The molecule has 1 saturated heterocycles. The van der Waals surface area contributed by atoms with Crippen LogP contribution in [0.4, 0.5) is 11.4 Å². The largest absolute Gasteiger partial charge is 0.308 e. The number of unbranched alkanes of at least 4 members (excludes halogenated alkanes) is 12. The van der Waals surface area contributed by atoms with Gasteiger partial charge in [-0.3, -0.25) is 24.1 Å². The van der Waals surface area contributed by atoms with Crippen LogP contribution in [0.3, 0.4) is 0 Å². The predicted octanol–water partition coefficient (Wildman–Crippen LogP) is 10.4. The molecule has 2 aromatic rings. The van der Waals surface area contributed by atoms with Crippen LogP contribution in [0.15, 0.2) is 53.7 Å². The van der Waals surface area contributed by atoms with E-state index in [2.05, 4.69) is 29.5 Å². The molecule has 0 aromatic heterocycles. The van der Waals surface area contributed by atoms with Gasteiger partial charge in [0.1, 0.15) is 11.5 Å². The highest BCUT2D eigenvalue weighted by atomic mass is 35.5. The smallest absolute Gasteiger partial charge is 0.256 e. The number of amides is 4. The summed E-state index contributed by atoms with van der Waals surface area (Å²) in [6, 6.07) is 9.21. The van der Waals surface area contributed by atoms with Gasteiger partial charge >= 0.3 is 0 Å². The molecular weight excluding hydrogens is 683 g/mol. The zero-order valence-corrected chi connectivity index (χ0v) is 30.6. The number of benzene rings is 2. The third-order valence-corrected chi connectivity index (χ3v) is 9.69. The van der Waals surface area contributed by atoms with Crippen LogP contribution >= 0.6 is 34.8 Å². The van der Waals surface area contributed by atoms with Gasteiger partial charge in [-0.15, -0.1) is 0 Å². The third kappa shape index (κ3) is 11.4. The van der Waals surface area contributed by atoms with Gasteiger partial charge in [-0.2, -0.15) is 10.1 Å². The lowest BCUT2D eigenvalue weighted by molar-refractivity contribution is -0.122. The van der Waals surface area contributed by atoms with Gasteiger partial charge in [-0.1, -0.05) is 124 Å². The Morgan fingerprint density at radius 1 is 0.837 bits per heavy atom. The molecule has 2 aliphatic rings. The van der Waals surface area contributed by atoms with E-state index >= 15 is 0 Å². The number of imide groups is 1. The highest BCUT2D eigenvalue weighted by Gasteiger charge is 2.39. The highest BCUT2D eigenvalue weighted by molar-refractivity contribution is 6.42. The van der Waals surface area contributed by atoms with Crippen LogP contribution < -0.4 is 15.2 Å². The summed E-state index contributed by atoms with van der Waals surface area (Å²) in [4.78, 5) is 53.2. The van der Waals surface area contributed by atoms with Gasteiger partial charge in [0.25, 0.3) is 11.8 Å². The molecular formula is C38H47Cl3N4O4. The van der Waals surface area contributed by atoms with Crippen LogP contribution in [0.1, 0.15) is 126 Å². The number of anilines is 2. The van der Waals surface area contributed by atoms with Crippen molar-refractivity contribution in [2.45, 2.75) is 116 Å². The number of hydrogen-bond acceptors (Lipinski definition) is 5. The van der Waals surface area contributed by atoms with E-state index in [9.17, 15) is 19.2 Å². The van der Waals surface area contributed by atoms with Crippen molar-refractivity contribution >= 4 is 75.6 Å². The van der Waals surface area contributed by atoms with Gasteiger partial charge in [0.15, 0.2) is 0 Å². The molecule has 0 saturated carbocycles. The number of nitrogens with one attached hydrogen (secondary N) is 1. The SMILES string of the molecule is CCCCCCCC/C=C/CCCCCCCCC1CC(=O)N(c2cccc(C(=O)NC3=NN(c4c(Cl)cc(Cl)cc4Cl)C(=O)C3)c2)C1=O. The number of nitrogens with zero attached hydrogens (tertiary/aromatic N) is 3. The van der Waals surface area contributed by atoms with Crippen LogP contribution in [-0.4, -0.2) is 29.5 Å². The second-order valence-electron chi connectivity index (χ2n) is 12.8. The molecule has 1 N–H and O–H groups in total. The number of halogens is 3. The van der Waals surface area contributed by atoms with Crippen molar-refractivity contribution in [2.24, 2.45) is 11.0 Å². The third-order valence-electron chi connectivity index (χ3n) is 8.90. The topological polar surface area (TPSA) is 99.2 Å². The molecule has 1 unspecified atom stereocenters. The molecule has 0 bridgehead atoms. The lowest BCUT2D eigenvalue weighted by Gasteiger charge is -2.16. The lowest BCUT2D eigenvalue weighted by atomic mass is 9.98. The minimum Gasteiger partial charge on any atom is -0.308 e. The molecule has 0 spiro atoms. The van der Waals surface area contributed by atoms with Crippen LogP contribution in [0, 0.1) is 5.92 Å². The number of allylic oxidation sites excluding steroid dienone is 2. The Labute approximate surface area is 305 Å². The standard InChI is InChI=1S/C38H47Cl3N4O4/c1-2-3-4-5-6-7-8-9-10-11-12-13-14-15-16-17-19-28-23-34(46)44(38(28)49)30-21-18-20-27(22-30)37(48)42-33-26-35(47)45(43-33)36-31(40)24-29(39)25-32(36)41/h9-10,18,20-22,24-25,28H,2-8,11-17,19,23,26H2,1H3,(H,42,43,48)/b10-9+. The Morgan fingerprint density at radius 2 is 1.45 bits per heavy atom. The molecule has 0 aliphatic carbocycles. The molecule has 264 valence electrons. The Morgan fingerprint density at radius 3 is 2.10 bits per heavy atom. The van der Waals surface area contributed by atoms with Crippen LogP contribution in [0.5, 0.6) is 0 Å². The van der Waals surface area contributed by atoms with Gasteiger partial charge in [0.05, 0.1) is 22.2 Å². The van der Waals surface area contributed by atoms with E-state index in [1.807, 2.05) is 0 Å². The minimum atomic E-state index is -0.539. The monoisotopic (exact) mass is 728 g/mol. The summed E-state index contributed by atoms with van der Waals surface area (Å²) in [6.45, 7) is 2.25. The number of hydrazone groups is 1. The summed E-state index contributed by atoms with van der Waals surface area (Å²) in [7, 11) is 0. The van der Waals surface area contributed by atoms with Crippen molar-refractivity contribution in [3.8, 4) is 0 Å². The van der Waals surface area contributed by atoms with Gasteiger partial charge in [-0.05, 0) is 62.4 Å². The predicted molar refractivity (Wildman–Crippen MR) is 200 cm³/mol. The number of carbonyl (C=O) groups is 4. The zero-order valence-electron chi connectivity index (χ0n) is 28.3. The fourth-order valence-corrected chi connectivity index (χ4v) is 7.21. The van der Waals surface area contributed by atoms with E-state index in [1.165, 1.54) is 87.3 Å². The molecule has 49 heavy (non-hydrogen) atoms. The molecule has 0 radical (unpaired) electrons. The summed E-state index contributed by atoms with van der Waals surface area (Å²) in [5.74, 6) is -1.71. The minimum absolute atomic E-state index is 0.103. The van der Waals surface area contributed by atoms with Crippen LogP contribution in [0.25, 0.3) is 0 Å². The molecule has 1 atom stereocenters. The molecule has 1 fully saturated rings. The van der Waals surface area contributed by atoms with E-state index < -0.39 is 11.8 Å². The van der Waals surface area contributed by atoms with Crippen LogP contribution in [0.2, 0.25) is 15.1 Å². The van der Waals surface area contributed by atoms with E-state index in [4.69, 9.17) is 34.8 Å². The molecule has 8 nitrogen and oxygen atoms in total. The number of hydrogen-bond donors (Lipinski definition) is 1. The first-order chi connectivity index (χ1) is 23.7. The normalized spacial score (nSPS) is 16.4. The van der Waals surface area contributed by atoms with Crippen molar-refractivity contribution < 1.29 is 19.2 Å². The number of rotatable bonds is 19. The van der Waals surface area contributed by atoms with Gasteiger partial charge in [0, 0.05) is 22.9 Å². The quantitative estimate of drug-likeness (QED) is 0.0884. The van der Waals surface area contributed by atoms with Gasteiger partial charge in [0.2, 0.25) is 11.8 Å². The van der Waals surface area contributed by atoms with Crippen LogP contribution in [-0.2, 0) is 14.4 Å². The van der Waals surface area contributed by atoms with Gasteiger partial charge in [-0.25, -0.2) is 0 Å². The summed E-state index contributed by atoms with van der Waals surface area (Å²) >= 11 is 18.5. The van der Waals surface area contributed by atoms with E-state index in [0.29, 0.717) is 17.1 Å². The Hall–Kier alpha value is -3.20. The van der Waals surface area contributed by atoms with Crippen molar-refractivity contribution in [1.82, 2.24) is 5.32 Å². The first-order valence-electron chi connectivity index (χ1n) is 17.7. The Kier molecular flexibility index (Phi) is 15.6. The Bertz CT molecular complexity index is 1520. The summed E-state index contributed by atoms with van der Waals surface area (Å²) in [5, 5.41) is 8.47. The molecule has 2 aromatic carbocycles. The fraction of sp³-hybridized carbons (Fsp3) is 0.500. The van der Waals surface area contributed by atoms with E-state index in [0.717, 1.165) is 30.7 Å². The maximum absolute atomic E-state index is 13.3. The average molecular weight is 730 g/mol. The zero-order chi connectivity index (χ0) is 35.2. The molecule has 4 amide bonds. The maximum Gasteiger partial charge on any atom is 0.256 e. The van der Waals surface area contributed by atoms with E-state index in [-0.39, 0.29) is 57.7 Å². The number of carbonyl (C=O) groups excluding carboxylic acids is 4. The molecule has 2 heterocycles. The molecule has 4 rings (SSSR count). The summed E-state index contributed by atoms with van der Waals surface area (Å²) in [5.41, 5.74) is 0.727. The summed E-state index contributed by atoms with van der Waals surface area (Å²) < 4.78 is 0. The van der Waals surface area contributed by atoms with Gasteiger partial charge < -0.3 is 5.32 Å². The lowest BCUT2D eigenvalue weighted by Crippen LogP contribution is -2.32. The first kappa shape index (κ1) is 38.6. The van der Waals surface area contributed by atoms with Crippen molar-refractivity contribution in [3.63, 3.8) is 0 Å². The van der Waals surface area contributed by atoms with Crippen molar-refractivity contribution in [1.29, 1.82) is 0 Å². The first-order valence-corrected chi connectivity index (χ1v) is 18.8. The van der Waals surface area contributed by atoms with E-state index in [1.54, 1.807) is 18.2 Å².